The van der Waals surface area contributed by atoms with Crippen LogP contribution in [0.3, 0.4) is 0 Å². The number of nitriles is 1. The third-order valence-corrected chi connectivity index (χ3v) is 2.31. The van der Waals surface area contributed by atoms with Crippen LogP contribution >= 0.6 is 0 Å². The highest BCUT2D eigenvalue weighted by molar-refractivity contribution is 5.88. The molecule has 1 N–H and O–H groups in total. The van der Waals surface area contributed by atoms with E-state index >= 15 is 0 Å². The molecule has 0 radical (unpaired) electrons. The zero-order valence-corrected chi connectivity index (χ0v) is 10.0. The standard InChI is InChI=1S/C11H14N4O2/c1-7(4-12)6-15(3)11-13-5-9(10(16)17)8(2)14-11/h5,7H,6H2,1-3H3,(H,16,17). The third kappa shape index (κ3) is 3.14. The third-order valence-electron chi connectivity index (χ3n) is 2.31. The first kappa shape index (κ1) is 12.9. The summed E-state index contributed by atoms with van der Waals surface area (Å²) in [5, 5.41) is 17.5. The summed E-state index contributed by atoms with van der Waals surface area (Å²) in [7, 11) is 1.77. The van der Waals surface area contributed by atoms with E-state index in [9.17, 15) is 4.79 Å². The number of nitrogens with zero attached hydrogens (tertiary/aromatic N) is 4. The Kier molecular flexibility index (Phi) is 3.99. The summed E-state index contributed by atoms with van der Waals surface area (Å²) in [6.07, 6.45) is 1.29. The van der Waals surface area contributed by atoms with Gasteiger partial charge in [-0.1, -0.05) is 0 Å². The second-order valence-corrected chi connectivity index (χ2v) is 3.88. The highest BCUT2D eigenvalue weighted by Crippen LogP contribution is 2.11. The topological polar surface area (TPSA) is 90.1 Å². The van der Waals surface area contributed by atoms with E-state index in [0.29, 0.717) is 18.2 Å². The number of aromatic carboxylic acids is 1. The van der Waals surface area contributed by atoms with Crippen molar-refractivity contribution in [3.8, 4) is 6.07 Å². The van der Waals surface area contributed by atoms with Crippen molar-refractivity contribution in [1.82, 2.24) is 9.97 Å². The Hall–Kier alpha value is -2.16. The molecule has 0 aliphatic carbocycles. The SMILES string of the molecule is Cc1nc(N(C)CC(C)C#N)ncc1C(=O)O. The molecule has 0 fully saturated rings. The van der Waals surface area contributed by atoms with Gasteiger partial charge in [0.1, 0.15) is 0 Å². The number of hydrogen-bond acceptors (Lipinski definition) is 5. The molecule has 0 saturated carbocycles. The molecule has 6 heteroatoms. The zero-order valence-electron chi connectivity index (χ0n) is 10.0. The van der Waals surface area contributed by atoms with Gasteiger partial charge in [0.05, 0.1) is 23.2 Å². The second kappa shape index (κ2) is 5.25. The molecule has 1 rings (SSSR count). The smallest absolute Gasteiger partial charge is 0.339 e. The average molecular weight is 234 g/mol. The molecule has 1 heterocycles. The van der Waals surface area contributed by atoms with Gasteiger partial charge in [-0.3, -0.25) is 0 Å². The molecule has 0 amide bonds. The Morgan fingerprint density at radius 2 is 2.35 bits per heavy atom. The van der Waals surface area contributed by atoms with Crippen LogP contribution < -0.4 is 4.90 Å². The van der Waals surface area contributed by atoms with Gasteiger partial charge in [-0.25, -0.2) is 14.8 Å². The lowest BCUT2D eigenvalue weighted by Gasteiger charge is -2.18. The summed E-state index contributed by atoms with van der Waals surface area (Å²) in [6, 6.07) is 2.12. The monoisotopic (exact) mass is 234 g/mol. The minimum Gasteiger partial charge on any atom is -0.478 e. The van der Waals surface area contributed by atoms with Crippen LogP contribution in [0.15, 0.2) is 6.20 Å². The summed E-state index contributed by atoms with van der Waals surface area (Å²) >= 11 is 0. The van der Waals surface area contributed by atoms with Crippen molar-refractivity contribution >= 4 is 11.9 Å². The van der Waals surface area contributed by atoms with Gasteiger partial charge < -0.3 is 10.0 Å². The van der Waals surface area contributed by atoms with E-state index in [0.717, 1.165) is 0 Å². The lowest BCUT2D eigenvalue weighted by atomic mass is 10.2. The maximum Gasteiger partial charge on any atom is 0.339 e. The number of hydrogen-bond donors (Lipinski definition) is 1. The highest BCUT2D eigenvalue weighted by atomic mass is 16.4. The largest absolute Gasteiger partial charge is 0.478 e. The number of carboxylic acids is 1. The summed E-state index contributed by atoms with van der Waals surface area (Å²) in [5.74, 6) is -0.750. The van der Waals surface area contributed by atoms with Gasteiger partial charge in [0, 0.05) is 19.8 Å². The van der Waals surface area contributed by atoms with Crippen LogP contribution in [0.2, 0.25) is 0 Å². The number of aryl methyl sites for hydroxylation is 1. The first-order valence-electron chi connectivity index (χ1n) is 5.13. The average Bonchev–Trinajstić information content (AvgIpc) is 2.28. The van der Waals surface area contributed by atoms with Crippen LogP contribution in [0.25, 0.3) is 0 Å². The molecule has 0 aliphatic heterocycles. The predicted octanol–water partition coefficient (Wildman–Crippen LogP) is 1.08. The van der Waals surface area contributed by atoms with E-state index < -0.39 is 5.97 Å². The number of carbonyl (C=O) groups is 1. The molecule has 0 bridgehead atoms. The molecular weight excluding hydrogens is 220 g/mol. The molecule has 1 aromatic rings. The van der Waals surface area contributed by atoms with E-state index in [4.69, 9.17) is 10.4 Å². The number of rotatable bonds is 4. The first-order chi connectivity index (χ1) is 7.95. The number of anilines is 1. The molecule has 90 valence electrons. The van der Waals surface area contributed by atoms with Gasteiger partial charge in [-0.15, -0.1) is 0 Å². The Labute approximate surface area is 99.5 Å². The fourth-order valence-corrected chi connectivity index (χ4v) is 1.38. The first-order valence-corrected chi connectivity index (χ1v) is 5.13. The van der Waals surface area contributed by atoms with Crippen molar-refractivity contribution in [3.63, 3.8) is 0 Å². The molecule has 0 spiro atoms. The lowest BCUT2D eigenvalue weighted by molar-refractivity contribution is 0.0695. The van der Waals surface area contributed by atoms with E-state index in [1.54, 1.807) is 25.8 Å². The second-order valence-electron chi connectivity index (χ2n) is 3.88. The van der Waals surface area contributed by atoms with Crippen molar-refractivity contribution in [2.24, 2.45) is 5.92 Å². The fourth-order valence-electron chi connectivity index (χ4n) is 1.38. The van der Waals surface area contributed by atoms with E-state index in [1.165, 1.54) is 6.20 Å². The molecule has 17 heavy (non-hydrogen) atoms. The summed E-state index contributed by atoms with van der Waals surface area (Å²) < 4.78 is 0. The van der Waals surface area contributed by atoms with E-state index in [-0.39, 0.29) is 11.5 Å². The minimum atomic E-state index is -1.04. The molecule has 0 saturated heterocycles. The van der Waals surface area contributed by atoms with Crippen LogP contribution in [0, 0.1) is 24.2 Å². The zero-order chi connectivity index (χ0) is 13.0. The van der Waals surface area contributed by atoms with E-state index in [2.05, 4.69) is 16.0 Å². The molecular formula is C11H14N4O2. The van der Waals surface area contributed by atoms with Crippen LogP contribution in [0.5, 0.6) is 0 Å². The lowest BCUT2D eigenvalue weighted by Crippen LogP contribution is -2.25. The van der Waals surface area contributed by atoms with Crippen LogP contribution in [-0.4, -0.2) is 34.6 Å². The van der Waals surface area contributed by atoms with Gasteiger partial charge >= 0.3 is 5.97 Å². The minimum absolute atomic E-state index is 0.0930. The van der Waals surface area contributed by atoms with Crippen molar-refractivity contribution in [2.75, 3.05) is 18.5 Å². The van der Waals surface area contributed by atoms with Crippen LogP contribution in [0.4, 0.5) is 5.95 Å². The summed E-state index contributed by atoms with van der Waals surface area (Å²) in [6.45, 7) is 3.92. The number of aromatic nitrogens is 2. The van der Waals surface area contributed by atoms with Crippen molar-refractivity contribution < 1.29 is 9.90 Å². The van der Waals surface area contributed by atoms with E-state index in [1.807, 2.05) is 0 Å². The maximum absolute atomic E-state index is 10.8. The van der Waals surface area contributed by atoms with Gasteiger partial charge in [0.25, 0.3) is 0 Å². The summed E-state index contributed by atoms with van der Waals surface area (Å²) in [4.78, 5) is 20.6. The molecule has 0 aliphatic rings. The van der Waals surface area contributed by atoms with Crippen molar-refractivity contribution in [1.29, 1.82) is 5.26 Å². The number of carboxylic acid groups (broad SMARTS) is 1. The van der Waals surface area contributed by atoms with Gasteiger partial charge in [0.15, 0.2) is 0 Å². The molecule has 1 atom stereocenters. The van der Waals surface area contributed by atoms with Gasteiger partial charge in [-0.05, 0) is 13.8 Å². The quantitative estimate of drug-likeness (QED) is 0.838. The molecule has 1 unspecified atom stereocenters. The maximum atomic E-state index is 10.8. The van der Waals surface area contributed by atoms with Crippen molar-refractivity contribution in [3.05, 3.63) is 17.5 Å². The highest BCUT2D eigenvalue weighted by Gasteiger charge is 2.13. The Morgan fingerprint density at radius 1 is 1.71 bits per heavy atom. The Bertz CT molecular complexity index is 467. The molecule has 6 nitrogen and oxygen atoms in total. The molecule has 1 aromatic heterocycles. The van der Waals surface area contributed by atoms with Crippen LogP contribution in [-0.2, 0) is 0 Å². The Balaban J connectivity index is 2.90. The van der Waals surface area contributed by atoms with Crippen molar-refractivity contribution in [2.45, 2.75) is 13.8 Å². The fraction of sp³-hybridized carbons (Fsp3) is 0.455. The van der Waals surface area contributed by atoms with Gasteiger partial charge in [0.2, 0.25) is 5.95 Å². The van der Waals surface area contributed by atoms with Crippen LogP contribution in [0.1, 0.15) is 23.0 Å². The normalized spacial score (nSPS) is 11.6. The predicted molar refractivity (Wildman–Crippen MR) is 61.8 cm³/mol. The summed E-state index contributed by atoms with van der Waals surface area (Å²) in [5.41, 5.74) is 0.509. The molecule has 0 aromatic carbocycles. The Morgan fingerprint density at radius 3 is 2.82 bits per heavy atom. The van der Waals surface area contributed by atoms with Gasteiger partial charge in [-0.2, -0.15) is 5.26 Å².